The molecule has 1 N–H and O–H groups in total. The molecule has 2 aliphatic rings. The molecule has 1 atom stereocenters. The summed E-state index contributed by atoms with van der Waals surface area (Å²) >= 11 is 0. The molecule has 0 bridgehead atoms. The van der Waals surface area contributed by atoms with Crippen LogP contribution in [-0.2, 0) is 9.47 Å². The van der Waals surface area contributed by atoms with Crippen LogP contribution in [0.1, 0.15) is 41.6 Å². The van der Waals surface area contributed by atoms with Gasteiger partial charge in [-0.2, -0.15) is 0 Å². The third-order valence-electron chi connectivity index (χ3n) is 4.91. The molecule has 0 saturated carbocycles. The molecule has 0 radical (unpaired) electrons. The predicted octanol–water partition coefficient (Wildman–Crippen LogP) is 2.46. The van der Waals surface area contributed by atoms with Crippen LogP contribution in [0.5, 0.6) is 5.75 Å². The predicted molar refractivity (Wildman–Crippen MR) is 87.0 cm³/mol. The van der Waals surface area contributed by atoms with Crippen LogP contribution in [-0.4, -0.2) is 44.5 Å². The van der Waals surface area contributed by atoms with Crippen LogP contribution < -0.4 is 10.1 Å². The lowest BCUT2D eigenvalue weighted by Crippen LogP contribution is -2.51. The fourth-order valence-corrected chi connectivity index (χ4v) is 3.52. The van der Waals surface area contributed by atoms with Gasteiger partial charge in [-0.3, -0.25) is 4.79 Å². The Kier molecular flexibility index (Phi) is 4.87. The van der Waals surface area contributed by atoms with Crippen LogP contribution in [0.15, 0.2) is 18.2 Å². The summed E-state index contributed by atoms with van der Waals surface area (Å²) in [5, 5.41) is 3.18. The van der Waals surface area contributed by atoms with Crippen LogP contribution >= 0.6 is 0 Å². The zero-order valence-electron chi connectivity index (χ0n) is 13.9. The molecule has 2 heterocycles. The average Bonchev–Trinajstić information content (AvgIpc) is 2.55. The number of carbonyl (C=O) groups is 1. The Hall–Kier alpha value is -1.59. The van der Waals surface area contributed by atoms with E-state index in [-0.39, 0.29) is 17.6 Å². The molecule has 1 amide bonds. The molecule has 0 aliphatic carbocycles. The number of rotatable bonds is 3. The fourth-order valence-electron chi connectivity index (χ4n) is 3.52. The highest BCUT2D eigenvalue weighted by atomic mass is 16.5. The average molecular weight is 319 g/mol. The van der Waals surface area contributed by atoms with Crippen LogP contribution in [0.25, 0.3) is 0 Å². The van der Waals surface area contributed by atoms with Gasteiger partial charge >= 0.3 is 0 Å². The number of amides is 1. The summed E-state index contributed by atoms with van der Waals surface area (Å²) in [7, 11) is 1.63. The van der Waals surface area contributed by atoms with Crippen molar-refractivity contribution in [3.63, 3.8) is 0 Å². The SMILES string of the molecule is COc1ccc(C(=O)N[C@@H]2CCOC3(CCOCC3)C2)c(C)c1. The minimum Gasteiger partial charge on any atom is -0.497 e. The van der Waals surface area contributed by atoms with Crippen LogP contribution in [0.3, 0.4) is 0 Å². The first-order valence-corrected chi connectivity index (χ1v) is 8.29. The van der Waals surface area contributed by atoms with Gasteiger partial charge < -0.3 is 19.5 Å². The summed E-state index contributed by atoms with van der Waals surface area (Å²) in [6.45, 7) is 4.13. The van der Waals surface area contributed by atoms with Gasteiger partial charge in [0.2, 0.25) is 0 Å². The second kappa shape index (κ2) is 6.89. The van der Waals surface area contributed by atoms with Gasteiger partial charge in [0.25, 0.3) is 5.91 Å². The Morgan fingerprint density at radius 2 is 2.09 bits per heavy atom. The molecular weight excluding hydrogens is 294 g/mol. The van der Waals surface area contributed by atoms with Gasteiger partial charge in [-0.25, -0.2) is 0 Å². The van der Waals surface area contributed by atoms with Crippen molar-refractivity contribution in [1.29, 1.82) is 0 Å². The van der Waals surface area contributed by atoms with Crippen LogP contribution in [0.2, 0.25) is 0 Å². The van der Waals surface area contributed by atoms with E-state index in [2.05, 4.69) is 5.32 Å². The normalized spacial score (nSPS) is 23.5. The Labute approximate surface area is 137 Å². The van der Waals surface area contributed by atoms with Crippen molar-refractivity contribution < 1.29 is 19.0 Å². The lowest BCUT2D eigenvalue weighted by atomic mass is 9.84. The molecule has 1 aromatic rings. The molecule has 2 aliphatic heterocycles. The van der Waals surface area contributed by atoms with Gasteiger partial charge in [-0.05, 0) is 56.4 Å². The number of hydrogen-bond acceptors (Lipinski definition) is 4. The first kappa shape index (κ1) is 16.3. The Bertz CT molecular complexity index is 561. The molecule has 5 heteroatoms. The number of hydrogen-bond donors (Lipinski definition) is 1. The molecule has 3 rings (SSSR count). The Morgan fingerprint density at radius 1 is 1.30 bits per heavy atom. The second-order valence-electron chi connectivity index (χ2n) is 6.49. The number of ether oxygens (including phenoxy) is 3. The van der Waals surface area contributed by atoms with Crippen molar-refractivity contribution in [2.45, 2.75) is 44.2 Å². The highest BCUT2D eigenvalue weighted by Crippen LogP contribution is 2.34. The summed E-state index contributed by atoms with van der Waals surface area (Å²) in [6, 6.07) is 5.70. The first-order valence-electron chi connectivity index (χ1n) is 8.29. The zero-order valence-corrected chi connectivity index (χ0v) is 13.9. The van der Waals surface area contributed by atoms with Gasteiger partial charge in [-0.1, -0.05) is 0 Å². The van der Waals surface area contributed by atoms with Gasteiger partial charge in [0, 0.05) is 31.4 Å². The molecule has 0 aromatic heterocycles. The standard InChI is InChI=1S/C18H25NO4/c1-13-11-15(21-2)3-4-16(13)17(20)19-14-5-8-23-18(12-14)6-9-22-10-7-18/h3-4,11,14H,5-10,12H2,1-2H3,(H,19,20)/t14-/m1/s1. The molecule has 1 spiro atoms. The first-order chi connectivity index (χ1) is 11.1. The van der Waals surface area contributed by atoms with E-state index >= 15 is 0 Å². The highest BCUT2D eigenvalue weighted by molar-refractivity contribution is 5.96. The topological polar surface area (TPSA) is 56.8 Å². The third-order valence-corrected chi connectivity index (χ3v) is 4.91. The van der Waals surface area contributed by atoms with Crippen molar-refractivity contribution in [2.75, 3.05) is 26.9 Å². The molecule has 23 heavy (non-hydrogen) atoms. The maximum Gasteiger partial charge on any atom is 0.251 e. The van der Waals surface area contributed by atoms with Crippen LogP contribution in [0.4, 0.5) is 0 Å². The maximum atomic E-state index is 12.6. The van der Waals surface area contributed by atoms with Crippen molar-refractivity contribution in [3.8, 4) is 5.75 Å². The second-order valence-corrected chi connectivity index (χ2v) is 6.49. The molecule has 126 valence electrons. The van der Waals surface area contributed by atoms with Crippen molar-refractivity contribution >= 4 is 5.91 Å². The van der Waals surface area contributed by atoms with Gasteiger partial charge in [-0.15, -0.1) is 0 Å². The Balaban J connectivity index is 1.65. The van der Waals surface area contributed by atoms with Crippen molar-refractivity contribution in [3.05, 3.63) is 29.3 Å². The molecule has 2 saturated heterocycles. The number of aryl methyl sites for hydroxylation is 1. The van der Waals surface area contributed by atoms with Crippen molar-refractivity contribution in [2.24, 2.45) is 0 Å². The van der Waals surface area contributed by atoms with E-state index in [9.17, 15) is 4.79 Å². The van der Waals surface area contributed by atoms with E-state index in [1.54, 1.807) is 7.11 Å². The smallest absolute Gasteiger partial charge is 0.251 e. The molecule has 2 fully saturated rings. The van der Waals surface area contributed by atoms with E-state index in [0.717, 1.165) is 50.2 Å². The highest BCUT2D eigenvalue weighted by Gasteiger charge is 2.39. The van der Waals surface area contributed by atoms with Gasteiger partial charge in [0.15, 0.2) is 0 Å². The van der Waals surface area contributed by atoms with Crippen molar-refractivity contribution in [1.82, 2.24) is 5.32 Å². The minimum atomic E-state index is -0.108. The lowest BCUT2D eigenvalue weighted by molar-refractivity contribution is -0.139. The zero-order chi connectivity index (χ0) is 16.3. The van der Waals surface area contributed by atoms with E-state index in [1.165, 1.54) is 0 Å². The lowest BCUT2D eigenvalue weighted by Gasteiger charge is -2.43. The maximum absolute atomic E-state index is 12.6. The number of carbonyl (C=O) groups excluding carboxylic acids is 1. The molecular formula is C18H25NO4. The number of benzene rings is 1. The Morgan fingerprint density at radius 3 is 2.78 bits per heavy atom. The quantitative estimate of drug-likeness (QED) is 0.930. The van der Waals surface area contributed by atoms with E-state index < -0.39 is 0 Å². The number of nitrogens with one attached hydrogen (secondary N) is 1. The largest absolute Gasteiger partial charge is 0.497 e. The fraction of sp³-hybridized carbons (Fsp3) is 0.611. The summed E-state index contributed by atoms with van der Waals surface area (Å²) < 4.78 is 16.7. The molecule has 0 unspecified atom stereocenters. The monoisotopic (exact) mass is 319 g/mol. The van der Waals surface area contributed by atoms with Gasteiger partial charge in [0.1, 0.15) is 5.75 Å². The minimum absolute atomic E-state index is 0.0146. The van der Waals surface area contributed by atoms with E-state index in [0.29, 0.717) is 12.2 Å². The third kappa shape index (κ3) is 3.67. The molecule has 1 aromatic carbocycles. The van der Waals surface area contributed by atoms with Crippen LogP contribution in [0, 0.1) is 6.92 Å². The summed E-state index contributed by atoms with van der Waals surface area (Å²) in [5.41, 5.74) is 1.52. The summed E-state index contributed by atoms with van der Waals surface area (Å²) in [6.07, 6.45) is 3.57. The van der Waals surface area contributed by atoms with Gasteiger partial charge in [0.05, 0.1) is 12.7 Å². The van der Waals surface area contributed by atoms with E-state index in [1.807, 2.05) is 25.1 Å². The summed E-state index contributed by atoms with van der Waals surface area (Å²) in [5.74, 6) is 0.755. The van der Waals surface area contributed by atoms with E-state index in [4.69, 9.17) is 14.2 Å². The molecule has 5 nitrogen and oxygen atoms in total. The number of methoxy groups -OCH3 is 1. The summed E-state index contributed by atoms with van der Waals surface area (Å²) in [4.78, 5) is 12.6.